The van der Waals surface area contributed by atoms with Crippen LogP contribution in [0.1, 0.15) is 23.2 Å². The number of hydrogen-bond acceptors (Lipinski definition) is 5. The number of anilines is 1. The largest absolute Gasteiger partial charge is 0.454 e. The minimum Gasteiger partial charge on any atom is -0.454 e. The Morgan fingerprint density at radius 3 is 2.69 bits per heavy atom. The SMILES string of the molecule is O=C(Nc1ccc2ccccc2c1)C(c1csc2ccc(Cl)cc12)P(=O)(O)CCCc1ccc2c(c1)OCO2. The zero-order valence-electron chi connectivity index (χ0n) is 20.8. The van der Waals surface area contributed by atoms with Gasteiger partial charge in [-0.25, -0.2) is 0 Å². The predicted molar refractivity (Wildman–Crippen MR) is 158 cm³/mol. The lowest BCUT2D eigenvalue weighted by Crippen LogP contribution is -2.22. The Hall–Kier alpha value is -3.35. The number of nitrogens with one attached hydrogen (secondary N) is 1. The Morgan fingerprint density at radius 1 is 1.00 bits per heavy atom. The molecular weight excluding hydrogens is 553 g/mol. The van der Waals surface area contributed by atoms with E-state index < -0.39 is 18.9 Å². The molecule has 1 aliphatic heterocycles. The number of hydrogen-bond donors (Lipinski definition) is 2. The minimum atomic E-state index is -4.01. The van der Waals surface area contributed by atoms with Crippen molar-refractivity contribution in [2.75, 3.05) is 18.3 Å². The van der Waals surface area contributed by atoms with Gasteiger partial charge in [-0.1, -0.05) is 48.0 Å². The highest BCUT2D eigenvalue weighted by atomic mass is 35.5. The van der Waals surface area contributed by atoms with Crippen LogP contribution in [0.2, 0.25) is 5.02 Å². The maximum absolute atomic E-state index is 14.0. The fraction of sp³-hybridized carbons (Fsp3) is 0.167. The topological polar surface area (TPSA) is 84.9 Å². The molecule has 9 heteroatoms. The minimum absolute atomic E-state index is 0.0187. The second-order valence-electron chi connectivity index (χ2n) is 9.56. The molecular formula is C30H25ClNO5PS. The summed E-state index contributed by atoms with van der Waals surface area (Å²) in [5.41, 5.74) is 0.823. The first-order valence-electron chi connectivity index (χ1n) is 12.5. The molecule has 198 valence electrons. The van der Waals surface area contributed by atoms with Crippen molar-refractivity contribution >= 4 is 62.8 Å². The standard InChI is InChI=1S/C30H25ClNO5PS/c31-22-9-12-28-24(16-22)25(17-39-28)29(30(33)32-23-10-8-20-5-1-2-6-21(20)15-23)38(34,35)13-3-4-19-7-11-26-27(14-19)37-18-36-26/h1-2,5-12,14-17,29H,3-4,13,18H2,(H,32,33)(H,34,35). The summed E-state index contributed by atoms with van der Waals surface area (Å²) in [6.45, 7) is 0.192. The summed E-state index contributed by atoms with van der Waals surface area (Å²) in [7, 11) is -4.01. The van der Waals surface area contributed by atoms with Crippen LogP contribution in [0.25, 0.3) is 20.9 Å². The number of thiophene rings is 1. The molecule has 0 bridgehead atoms. The van der Waals surface area contributed by atoms with E-state index in [4.69, 9.17) is 21.1 Å². The van der Waals surface area contributed by atoms with E-state index in [1.165, 1.54) is 11.3 Å². The number of rotatable bonds is 8. The molecule has 2 N–H and O–H groups in total. The fourth-order valence-electron chi connectivity index (χ4n) is 4.99. The second kappa shape index (κ2) is 10.7. The van der Waals surface area contributed by atoms with Gasteiger partial charge < -0.3 is 19.7 Å². The van der Waals surface area contributed by atoms with Crippen molar-refractivity contribution in [2.24, 2.45) is 0 Å². The van der Waals surface area contributed by atoms with Gasteiger partial charge in [0.2, 0.25) is 20.1 Å². The van der Waals surface area contributed by atoms with Gasteiger partial charge in [0.1, 0.15) is 5.66 Å². The summed E-state index contributed by atoms with van der Waals surface area (Å²) in [4.78, 5) is 25.2. The van der Waals surface area contributed by atoms with Gasteiger partial charge in [-0.2, -0.15) is 0 Å². The summed E-state index contributed by atoms with van der Waals surface area (Å²) in [5.74, 6) is 0.854. The van der Waals surface area contributed by atoms with Crippen molar-refractivity contribution in [3.05, 3.63) is 100 Å². The van der Waals surface area contributed by atoms with Crippen LogP contribution in [0.5, 0.6) is 11.5 Å². The summed E-state index contributed by atoms with van der Waals surface area (Å²) >= 11 is 7.70. The van der Waals surface area contributed by atoms with Crippen molar-refractivity contribution in [3.8, 4) is 11.5 Å². The smallest absolute Gasteiger partial charge is 0.241 e. The molecule has 5 aromatic rings. The number of carbonyl (C=O) groups excluding carboxylic acids is 1. The van der Waals surface area contributed by atoms with Crippen LogP contribution in [0.15, 0.2) is 84.2 Å². The average Bonchev–Trinajstić information content (AvgIpc) is 3.55. The molecule has 39 heavy (non-hydrogen) atoms. The summed E-state index contributed by atoms with van der Waals surface area (Å²) in [5, 5.41) is 7.95. The zero-order chi connectivity index (χ0) is 27.0. The highest BCUT2D eigenvalue weighted by molar-refractivity contribution is 7.59. The Kier molecular flexibility index (Phi) is 7.08. The van der Waals surface area contributed by atoms with Crippen LogP contribution >= 0.6 is 30.3 Å². The number of aryl methyl sites for hydroxylation is 1. The summed E-state index contributed by atoms with van der Waals surface area (Å²) in [6, 6.07) is 24.5. The lowest BCUT2D eigenvalue weighted by Gasteiger charge is -2.23. The predicted octanol–water partition coefficient (Wildman–Crippen LogP) is 8.02. The van der Waals surface area contributed by atoms with E-state index in [9.17, 15) is 14.3 Å². The van der Waals surface area contributed by atoms with Crippen molar-refractivity contribution in [1.82, 2.24) is 0 Å². The maximum Gasteiger partial charge on any atom is 0.241 e. The van der Waals surface area contributed by atoms with E-state index in [2.05, 4.69) is 5.32 Å². The van der Waals surface area contributed by atoms with Gasteiger partial charge in [-0.15, -0.1) is 11.3 Å². The molecule has 0 fully saturated rings. The molecule has 0 spiro atoms. The maximum atomic E-state index is 14.0. The van der Waals surface area contributed by atoms with Crippen LogP contribution in [0.3, 0.4) is 0 Å². The molecule has 0 saturated heterocycles. The van der Waals surface area contributed by atoms with Gasteiger partial charge in [0.15, 0.2) is 11.5 Å². The molecule has 1 amide bonds. The Morgan fingerprint density at radius 2 is 1.82 bits per heavy atom. The molecule has 6 rings (SSSR count). The van der Waals surface area contributed by atoms with E-state index >= 15 is 0 Å². The highest BCUT2D eigenvalue weighted by Gasteiger charge is 2.39. The first-order chi connectivity index (χ1) is 18.9. The zero-order valence-corrected chi connectivity index (χ0v) is 23.3. The molecule has 2 unspecified atom stereocenters. The number of halogens is 1. The molecule has 0 saturated carbocycles. The van der Waals surface area contributed by atoms with E-state index in [1.807, 2.05) is 66.7 Å². The van der Waals surface area contributed by atoms with Gasteiger partial charge >= 0.3 is 0 Å². The number of benzene rings is 4. The molecule has 4 aromatic carbocycles. The third-order valence-corrected chi connectivity index (χ3v) is 10.4. The van der Waals surface area contributed by atoms with Crippen molar-refractivity contribution in [1.29, 1.82) is 0 Å². The fourth-order valence-corrected chi connectivity index (χ4v) is 8.18. The normalized spacial score (nSPS) is 14.8. The van der Waals surface area contributed by atoms with E-state index in [0.717, 1.165) is 26.4 Å². The van der Waals surface area contributed by atoms with Gasteiger partial charge in [0.25, 0.3) is 0 Å². The van der Waals surface area contributed by atoms with E-state index in [-0.39, 0.29) is 13.0 Å². The number of fused-ring (bicyclic) bond motifs is 3. The molecule has 0 radical (unpaired) electrons. The van der Waals surface area contributed by atoms with E-state index in [0.29, 0.717) is 40.6 Å². The monoisotopic (exact) mass is 577 g/mol. The quantitative estimate of drug-likeness (QED) is 0.182. The van der Waals surface area contributed by atoms with Crippen LogP contribution in [0.4, 0.5) is 5.69 Å². The third kappa shape index (κ3) is 5.41. The summed E-state index contributed by atoms with van der Waals surface area (Å²) in [6.07, 6.45) is 0.974. The summed E-state index contributed by atoms with van der Waals surface area (Å²) < 4.78 is 25.7. The Balaban J connectivity index is 1.28. The molecule has 1 aromatic heterocycles. The van der Waals surface area contributed by atoms with Crippen LogP contribution < -0.4 is 14.8 Å². The second-order valence-corrected chi connectivity index (χ2v) is 13.4. The van der Waals surface area contributed by atoms with Crippen LogP contribution in [0, 0.1) is 0 Å². The van der Waals surface area contributed by atoms with Crippen molar-refractivity contribution in [3.63, 3.8) is 0 Å². The molecule has 2 heterocycles. The van der Waals surface area contributed by atoms with E-state index in [1.54, 1.807) is 17.5 Å². The average molecular weight is 578 g/mol. The van der Waals surface area contributed by atoms with Gasteiger partial charge in [0.05, 0.1) is 0 Å². The van der Waals surface area contributed by atoms with Crippen molar-refractivity contribution in [2.45, 2.75) is 18.5 Å². The lowest BCUT2D eigenvalue weighted by atomic mass is 10.1. The first-order valence-corrected chi connectivity index (χ1v) is 15.7. The van der Waals surface area contributed by atoms with Crippen LogP contribution in [-0.4, -0.2) is 23.8 Å². The molecule has 2 atom stereocenters. The Labute approximate surface area is 234 Å². The molecule has 6 nitrogen and oxygen atoms in total. The lowest BCUT2D eigenvalue weighted by molar-refractivity contribution is -0.116. The van der Waals surface area contributed by atoms with Crippen molar-refractivity contribution < 1.29 is 23.7 Å². The highest BCUT2D eigenvalue weighted by Crippen LogP contribution is 2.58. The third-order valence-electron chi connectivity index (χ3n) is 6.91. The Bertz CT molecular complexity index is 1750. The van der Waals surface area contributed by atoms with Gasteiger partial charge in [-0.05, 0) is 88.0 Å². The molecule has 1 aliphatic rings. The first kappa shape index (κ1) is 25.9. The van der Waals surface area contributed by atoms with Gasteiger partial charge in [0, 0.05) is 21.6 Å². The van der Waals surface area contributed by atoms with Crippen LogP contribution in [-0.2, 0) is 15.8 Å². The number of carbonyl (C=O) groups is 1. The van der Waals surface area contributed by atoms with Gasteiger partial charge in [-0.3, -0.25) is 9.36 Å². The molecule has 0 aliphatic carbocycles. The number of amides is 1. The number of ether oxygens (including phenoxy) is 2.